The number of carbonyl (C=O) groups is 1. The van der Waals surface area contributed by atoms with E-state index < -0.39 is 0 Å². The molecule has 24 heavy (non-hydrogen) atoms. The van der Waals surface area contributed by atoms with Crippen molar-refractivity contribution in [2.45, 2.75) is 13.3 Å². The molecule has 0 aliphatic rings. The van der Waals surface area contributed by atoms with E-state index in [0.717, 1.165) is 28.6 Å². The molecule has 2 aromatic carbocycles. The number of benzene rings is 2. The lowest BCUT2D eigenvalue weighted by atomic mass is 10.2. The van der Waals surface area contributed by atoms with Crippen molar-refractivity contribution in [1.29, 1.82) is 0 Å². The molecule has 0 fully saturated rings. The Kier molecular flexibility index (Phi) is 4.91. The van der Waals surface area contributed by atoms with Gasteiger partial charge in [-0.15, -0.1) is 0 Å². The molecule has 1 heterocycles. The van der Waals surface area contributed by atoms with E-state index in [-0.39, 0.29) is 5.91 Å². The number of hydrogen-bond acceptors (Lipinski definition) is 3. The summed E-state index contributed by atoms with van der Waals surface area (Å²) in [5, 5.41) is 4.89. The number of rotatable bonds is 6. The lowest BCUT2D eigenvalue weighted by Gasteiger charge is -2.03. The zero-order valence-electron chi connectivity index (χ0n) is 13.5. The van der Waals surface area contributed by atoms with Gasteiger partial charge in [0.2, 0.25) is 0 Å². The molecule has 0 aliphatic carbocycles. The molecule has 122 valence electrons. The third kappa shape index (κ3) is 3.63. The van der Waals surface area contributed by atoms with Gasteiger partial charge in [0.15, 0.2) is 0 Å². The van der Waals surface area contributed by atoms with Crippen LogP contribution >= 0.6 is 0 Å². The lowest BCUT2D eigenvalue weighted by molar-refractivity contribution is 0.0957. The molecule has 5 heteroatoms. The van der Waals surface area contributed by atoms with Gasteiger partial charge in [-0.3, -0.25) is 4.79 Å². The molecule has 0 radical (unpaired) electrons. The summed E-state index contributed by atoms with van der Waals surface area (Å²) in [6.07, 6.45) is 4.27. The van der Waals surface area contributed by atoms with Crippen LogP contribution in [-0.4, -0.2) is 23.7 Å². The molecule has 0 aliphatic heterocycles. The first kappa shape index (κ1) is 15.8. The highest BCUT2D eigenvalue weighted by Crippen LogP contribution is 2.17. The molecule has 0 spiro atoms. The van der Waals surface area contributed by atoms with Crippen molar-refractivity contribution in [2.75, 3.05) is 6.61 Å². The van der Waals surface area contributed by atoms with Crippen molar-refractivity contribution in [3.63, 3.8) is 0 Å². The third-order valence-corrected chi connectivity index (χ3v) is 3.57. The summed E-state index contributed by atoms with van der Waals surface area (Å²) in [7, 11) is 0. The van der Waals surface area contributed by atoms with Crippen LogP contribution in [0, 0.1) is 0 Å². The van der Waals surface area contributed by atoms with Gasteiger partial charge >= 0.3 is 0 Å². The fourth-order valence-corrected chi connectivity index (χ4v) is 2.36. The summed E-state index contributed by atoms with van der Waals surface area (Å²) in [6.45, 7) is 2.77. The largest absolute Gasteiger partial charge is 0.494 e. The van der Waals surface area contributed by atoms with Gasteiger partial charge in [-0.2, -0.15) is 5.10 Å². The normalized spacial score (nSPS) is 11.0. The monoisotopic (exact) mass is 321 g/mol. The van der Waals surface area contributed by atoms with Crippen molar-refractivity contribution in [3.05, 3.63) is 65.9 Å². The predicted molar refractivity (Wildman–Crippen MR) is 95.6 cm³/mol. The quantitative estimate of drug-likeness (QED) is 0.537. The van der Waals surface area contributed by atoms with Crippen LogP contribution in [0.3, 0.4) is 0 Å². The van der Waals surface area contributed by atoms with Gasteiger partial charge in [-0.1, -0.05) is 25.1 Å². The van der Waals surface area contributed by atoms with Crippen molar-refractivity contribution in [1.82, 2.24) is 10.4 Å². The maximum atomic E-state index is 12.2. The number of carbonyl (C=O) groups excluding carboxylic acids is 1. The summed E-state index contributed by atoms with van der Waals surface area (Å²) in [4.78, 5) is 15.3. The number of ether oxygens (including phenoxy) is 1. The number of aromatic nitrogens is 1. The van der Waals surface area contributed by atoms with Crippen LogP contribution in [0.25, 0.3) is 10.9 Å². The molecule has 0 atom stereocenters. The van der Waals surface area contributed by atoms with E-state index in [1.54, 1.807) is 12.4 Å². The smallest absolute Gasteiger partial charge is 0.273 e. The average molecular weight is 321 g/mol. The van der Waals surface area contributed by atoms with Gasteiger partial charge in [0.1, 0.15) is 5.75 Å². The lowest BCUT2D eigenvalue weighted by Crippen LogP contribution is -2.17. The highest BCUT2D eigenvalue weighted by Gasteiger charge is 2.10. The maximum Gasteiger partial charge on any atom is 0.273 e. The Bertz CT molecular complexity index is 850. The van der Waals surface area contributed by atoms with E-state index in [9.17, 15) is 4.79 Å². The van der Waals surface area contributed by atoms with Gasteiger partial charge in [0.05, 0.1) is 18.4 Å². The number of amides is 1. The average Bonchev–Trinajstić information content (AvgIpc) is 3.05. The van der Waals surface area contributed by atoms with Crippen LogP contribution in [0.5, 0.6) is 5.75 Å². The number of para-hydroxylation sites is 1. The summed E-state index contributed by atoms with van der Waals surface area (Å²) >= 11 is 0. The van der Waals surface area contributed by atoms with E-state index in [4.69, 9.17) is 4.74 Å². The molecule has 0 saturated heterocycles. The van der Waals surface area contributed by atoms with Gasteiger partial charge in [0, 0.05) is 17.1 Å². The molecule has 1 aromatic heterocycles. The Morgan fingerprint density at radius 3 is 2.79 bits per heavy atom. The topological polar surface area (TPSA) is 66.5 Å². The minimum atomic E-state index is -0.244. The first-order chi connectivity index (χ1) is 11.8. The Morgan fingerprint density at radius 1 is 1.21 bits per heavy atom. The summed E-state index contributed by atoms with van der Waals surface area (Å²) < 4.78 is 5.52. The van der Waals surface area contributed by atoms with Gasteiger partial charge in [-0.05, 0) is 42.3 Å². The Morgan fingerprint density at radius 2 is 2.00 bits per heavy atom. The second kappa shape index (κ2) is 7.46. The second-order valence-corrected chi connectivity index (χ2v) is 5.36. The summed E-state index contributed by atoms with van der Waals surface area (Å²) in [5.74, 6) is 0.587. The second-order valence-electron chi connectivity index (χ2n) is 5.36. The van der Waals surface area contributed by atoms with Gasteiger partial charge < -0.3 is 9.72 Å². The predicted octanol–water partition coefficient (Wildman–Crippen LogP) is 3.72. The van der Waals surface area contributed by atoms with Gasteiger partial charge in [0.25, 0.3) is 5.91 Å². The molecular weight excluding hydrogens is 302 g/mol. The Hall–Kier alpha value is -3.08. The molecule has 1 amide bonds. The number of hydrazone groups is 1. The molecule has 2 N–H and O–H groups in total. The van der Waals surface area contributed by atoms with Crippen LogP contribution in [0.2, 0.25) is 0 Å². The summed E-state index contributed by atoms with van der Waals surface area (Å²) in [5.41, 5.74) is 4.94. The van der Waals surface area contributed by atoms with Crippen LogP contribution in [0.4, 0.5) is 0 Å². The highest BCUT2D eigenvalue weighted by atomic mass is 16.5. The van der Waals surface area contributed by atoms with Crippen molar-refractivity contribution in [3.8, 4) is 5.75 Å². The van der Waals surface area contributed by atoms with E-state index in [1.165, 1.54) is 0 Å². The Labute approximate surface area is 140 Å². The molecule has 0 bridgehead atoms. The highest BCUT2D eigenvalue weighted by molar-refractivity contribution is 6.06. The first-order valence-electron chi connectivity index (χ1n) is 7.90. The first-order valence-corrected chi connectivity index (χ1v) is 7.90. The standard InChI is InChI=1S/C19H19N3O2/c1-2-11-24-15-9-7-14(8-10-15)12-21-22-19(23)17-13-20-18-6-4-3-5-16(17)18/h3-10,12-13,20H,2,11H2,1H3,(H,22,23). The zero-order valence-corrected chi connectivity index (χ0v) is 13.5. The van der Waals surface area contributed by atoms with Crippen molar-refractivity contribution in [2.24, 2.45) is 5.10 Å². The molecule has 5 nitrogen and oxygen atoms in total. The van der Waals surface area contributed by atoms with E-state index in [2.05, 4.69) is 22.4 Å². The van der Waals surface area contributed by atoms with E-state index in [1.807, 2.05) is 48.5 Å². The minimum absolute atomic E-state index is 0.244. The molecule has 3 aromatic rings. The molecular formula is C19H19N3O2. The van der Waals surface area contributed by atoms with E-state index in [0.29, 0.717) is 12.2 Å². The third-order valence-electron chi connectivity index (χ3n) is 3.57. The minimum Gasteiger partial charge on any atom is -0.494 e. The number of hydrogen-bond donors (Lipinski definition) is 2. The molecule has 0 unspecified atom stereocenters. The van der Waals surface area contributed by atoms with Gasteiger partial charge in [-0.25, -0.2) is 5.43 Å². The van der Waals surface area contributed by atoms with Crippen LogP contribution in [0.15, 0.2) is 59.8 Å². The number of nitrogens with one attached hydrogen (secondary N) is 2. The molecule has 3 rings (SSSR count). The number of aromatic amines is 1. The van der Waals surface area contributed by atoms with Crippen LogP contribution in [-0.2, 0) is 0 Å². The van der Waals surface area contributed by atoms with Crippen molar-refractivity contribution >= 4 is 23.0 Å². The van der Waals surface area contributed by atoms with E-state index >= 15 is 0 Å². The number of H-pyrrole nitrogens is 1. The zero-order chi connectivity index (χ0) is 16.8. The van der Waals surface area contributed by atoms with Crippen LogP contribution < -0.4 is 10.2 Å². The Balaban J connectivity index is 1.62. The summed E-state index contributed by atoms with van der Waals surface area (Å²) in [6, 6.07) is 15.2. The molecule has 0 saturated carbocycles. The number of fused-ring (bicyclic) bond motifs is 1. The fourth-order valence-electron chi connectivity index (χ4n) is 2.36. The number of nitrogens with zero attached hydrogens (tertiary/aromatic N) is 1. The maximum absolute atomic E-state index is 12.2. The fraction of sp³-hybridized carbons (Fsp3) is 0.158. The van der Waals surface area contributed by atoms with Crippen molar-refractivity contribution < 1.29 is 9.53 Å². The SMILES string of the molecule is CCCOc1ccc(C=NNC(=O)c2c[nH]c3ccccc23)cc1. The van der Waals surface area contributed by atoms with Crippen LogP contribution in [0.1, 0.15) is 29.3 Å².